The van der Waals surface area contributed by atoms with E-state index in [2.05, 4.69) is 5.32 Å². The lowest BCUT2D eigenvalue weighted by molar-refractivity contribution is -0.138. The van der Waals surface area contributed by atoms with Gasteiger partial charge >= 0.3 is 6.18 Å². The lowest BCUT2D eigenvalue weighted by Gasteiger charge is -2.29. The third kappa shape index (κ3) is 6.05. The first-order chi connectivity index (χ1) is 13.8. The number of halogens is 3. The lowest BCUT2D eigenvalue weighted by atomic mass is 10.0. The molecule has 0 heterocycles. The van der Waals surface area contributed by atoms with Crippen LogP contribution in [0, 0.1) is 0 Å². The van der Waals surface area contributed by atoms with Crippen molar-refractivity contribution < 1.29 is 22.7 Å². The second-order valence-electron chi connectivity index (χ2n) is 6.67. The van der Waals surface area contributed by atoms with Crippen molar-refractivity contribution in [1.29, 1.82) is 0 Å². The SMILES string of the molecule is CCN(CC)[C@H](C(=O)NCc1ccccc1COC)c1cccc(C(F)(F)F)c1. The fourth-order valence-electron chi connectivity index (χ4n) is 3.31. The highest BCUT2D eigenvalue weighted by Gasteiger charge is 2.33. The van der Waals surface area contributed by atoms with Crippen LogP contribution in [0.25, 0.3) is 0 Å². The van der Waals surface area contributed by atoms with Crippen LogP contribution in [0.3, 0.4) is 0 Å². The van der Waals surface area contributed by atoms with E-state index in [9.17, 15) is 18.0 Å². The summed E-state index contributed by atoms with van der Waals surface area (Å²) in [6.07, 6.45) is -4.46. The molecule has 0 fully saturated rings. The first kappa shape index (κ1) is 22.9. The number of amides is 1. The van der Waals surface area contributed by atoms with Crippen LogP contribution in [0.4, 0.5) is 13.2 Å². The summed E-state index contributed by atoms with van der Waals surface area (Å²) < 4.78 is 44.7. The van der Waals surface area contributed by atoms with Crippen LogP contribution < -0.4 is 5.32 Å². The van der Waals surface area contributed by atoms with Crippen molar-refractivity contribution in [1.82, 2.24) is 10.2 Å². The number of rotatable bonds is 9. The molecule has 0 aliphatic rings. The summed E-state index contributed by atoms with van der Waals surface area (Å²) in [5, 5.41) is 2.89. The molecule has 1 atom stereocenters. The zero-order chi connectivity index (χ0) is 21.4. The van der Waals surface area contributed by atoms with Gasteiger partial charge in [0.05, 0.1) is 12.2 Å². The molecule has 1 amide bonds. The number of alkyl halides is 3. The zero-order valence-electron chi connectivity index (χ0n) is 16.9. The predicted molar refractivity (Wildman–Crippen MR) is 106 cm³/mol. The Kier molecular flexibility index (Phi) is 8.22. The van der Waals surface area contributed by atoms with Gasteiger partial charge in [0.15, 0.2) is 0 Å². The molecule has 1 N–H and O–H groups in total. The Morgan fingerprint density at radius 2 is 1.72 bits per heavy atom. The fraction of sp³-hybridized carbons (Fsp3) is 0.409. The number of nitrogens with one attached hydrogen (secondary N) is 1. The summed E-state index contributed by atoms with van der Waals surface area (Å²) >= 11 is 0. The third-order valence-electron chi connectivity index (χ3n) is 4.83. The normalized spacial score (nSPS) is 12.8. The van der Waals surface area contributed by atoms with E-state index in [0.717, 1.165) is 23.3 Å². The Labute approximate surface area is 169 Å². The average molecular weight is 408 g/mol. The minimum Gasteiger partial charge on any atom is -0.380 e. The molecule has 0 saturated heterocycles. The number of hydrogen-bond acceptors (Lipinski definition) is 3. The van der Waals surface area contributed by atoms with Gasteiger partial charge in [0.25, 0.3) is 0 Å². The molecular formula is C22H27F3N2O2. The van der Waals surface area contributed by atoms with E-state index in [0.29, 0.717) is 25.3 Å². The van der Waals surface area contributed by atoms with Gasteiger partial charge in [0.1, 0.15) is 6.04 Å². The Bertz CT molecular complexity index is 805. The van der Waals surface area contributed by atoms with Gasteiger partial charge < -0.3 is 10.1 Å². The first-order valence-electron chi connectivity index (χ1n) is 9.56. The van der Waals surface area contributed by atoms with Crippen LogP contribution in [0.15, 0.2) is 48.5 Å². The number of nitrogens with zero attached hydrogens (tertiary/aromatic N) is 1. The summed E-state index contributed by atoms with van der Waals surface area (Å²) in [7, 11) is 1.60. The molecule has 0 saturated carbocycles. The smallest absolute Gasteiger partial charge is 0.380 e. The van der Waals surface area contributed by atoms with E-state index < -0.39 is 17.8 Å². The molecule has 29 heavy (non-hydrogen) atoms. The molecule has 0 aliphatic heterocycles. The largest absolute Gasteiger partial charge is 0.416 e. The summed E-state index contributed by atoms with van der Waals surface area (Å²) in [6.45, 7) is 5.51. The zero-order valence-corrected chi connectivity index (χ0v) is 16.9. The summed E-state index contributed by atoms with van der Waals surface area (Å²) in [5.41, 5.74) is 1.43. The fourth-order valence-corrected chi connectivity index (χ4v) is 3.31. The van der Waals surface area contributed by atoms with Gasteiger partial charge in [0.2, 0.25) is 5.91 Å². The second kappa shape index (κ2) is 10.4. The lowest BCUT2D eigenvalue weighted by Crippen LogP contribution is -2.40. The Balaban J connectivity index is 2.28. The van der Waals surface area contributed by atoms with Crippen molar-refractivity contribution in [2.75, 3.05) is 20.2 Å². The van der Waals surface area contributed by atoms with Crippen LogP contribution in [0.5, 0.6) is 0 Å². The van der Waals surface area contributed by atoms with Crippen molar-refractivity contribution in [2.24, 2.45) is 0 Å². The topological polar surface area (TPSA) is 41.6 Å². The van der Waals surface area contributed by atoms with Gasteiger partial charge in [-0.2, -0.15) is 13.2 Å². The maximum Gasteiger partial charge on any atom is 0.416 e. The molecule has 0 radical (unpaired) electrons. The highest BCUT2D eigenvalue weighted by atomic mass is 19.4. The van der Waals surface area contributed by atoms with Gasteiger partial charge in [-0.05, 0) is 41.9 Å². The second-order valence-corrected chi connectivity index (χ2v) is 6.67. The highest BCUT2D eigenvalue weighted by molar-refractivity contribution is 5.83. The number of ether oxygens (including phenoxy) is 1. The molecule has 0 bridgehead atoms. The van der Waals surface area contributed by atoms with Crippen molar-refractivity contribution in [3.8, 4) is 0 Å². The van der Waals surface area contributed by atoms with Gasteiger partial charge in [0, 0.05) is 13.7 Å². The number of carbonyl (C=O) groups excluding carboxylic acids is 1. The first-order valence-corrected chi connectivity index (χ1v) is 9.56. The number of benzene rings is 2. The van der Waals surface area contributed by atoms with E-state index in [1.165, 1.54) is 6.07 Å². The van der Waals surface area contributed by atoms with Crippen molar-refractivity contribution in [2.45, 2.75) is 39.2 Å². The number of methoxy groups -OCH3 is 1. The molecule has 0 spiro atoms. The van der Waals surface area contributed by atoms with Crippen molar-refractivity contribution >= 4 is 5.91 Å². The molecule has 4 nitrogen and oxygen atoms in total. The summed E-state index contributed by atoms with van der Waals surface area (Å²) in [4.78, 5) is 14.9. The number of carbonyl (C=O) groups is 1. The van der Waals surface area contributed by atoms with E-state index in [-0.39, 0.29) is 12.5 Å². The van der Waals surface area contributed by atoms with Crippen LogP contribution in [-0.2, 0) is 28.9 Å². The highest BCUT2D eigenvalue weighted by Crippen LogP contribution is 2.32. The van der Waals surface area contributed by atoms with Crippen molar-refractivity contribution in [3.63, 3.8) is 0 Å². The van der Waals surface area contributed by atoms with E-state index in [1.807, 2.05) is 43.0 Å². The summed E-state index contributed by atoms with van der Waals surface area (Å²) in [5.74, 6) is -0.333. The average Bonchev–Trinajstić information content (AvgIpc) is 2.70. The molecular weight excluding hydrogens is 381 g/mol. The van der Waals surface area contributed by atoms with Crippen LogP contribution >= 0.6 is 0 Å². The van der Waals surface area contributed by atoms with Crippen LogP contribution in [0.1, 0.15) is 42.1 Å². The maximum absolute atomic E-state index is 13.2. The molecule has 0 aliphatic carbocycles. The van der Waals surface area contributed by atoms with Gasteiger partial charge in [-0.15, -0.1) is 0 Å². The Hall–Kier alpha value is -2.38. The minimum atomic E-state index is -4.46. The van der Waals surface area contributed by atoms with E-state index in [4.69, 9.17) is 4.74 Å². The Morgan fingerprint density at radius 3 is 2.31 bits per heavy atom. The molecule has 2 rings (SSSR count). The minimum absolute atomic E-state index is 0.273. The monoisotopic (exact) mass is 408 g/mol. The van der Waals surface area contributed by atoms with E-state index >= 15 is 0 Å². The van der Waals surface area contributed by atoms with Gasteiger partial charge in [-0.1, -0.05) is 50.2 Å². The standard InChI is InChI=1S/C22H27F3N2O2/c1-4-27(5-2)20(16-11-8-12-19(13-16)22(23,24)25)21(28)26-14-17-9-6-7-10-18(17)15-29-3/h6-13,20H,4-5,14-15H2,1-3H3,(H,26,28)/t20-/m0/s1. The van der Waals surface area contributed by atoms with E-state index in [1.54, 1.807) is 13.2 Å². The number of likely N-dealkylation sites (N-methyl/N-ethyl adjacent to an activating group) is 1. The predicted octanol–water partition coefficient (Wildman–Crippen LogP) is 4.55. The van der Waals surface area contributed by atoms with Crippen molar-refractivity contribution in [3.05, 3.63) is 70.8 Å². The van der Waals surface area contributed by atoms with Gasteiger partial charge in [-0.3, -0.25) is 9.69 Å². The molecule has 2 aromatic rings. The molecule has 158 valence electrons. The van der Waals surface area contributed by atoms with Crippen LogP contribution in [-0.4, -0.2) is 31.0 Å². The maximum atomic E-state index is 13.2. The quantitative estimate of drug-likeness (QED) is 0.662. The third-order valence-corrected chi connectivity index (χ3v) is 4.83. The number of hydrogen-bond donors (Lipinski definition) is 1. The summed E-state index contributed by atoms with van der Waals surface area (Å²) in [6, 6.07) is 11.7. The molecule has 0 aromatic heterocycles. The van der Waals surface area contributed by atoms with Gasteiger partial charge in [-0.25, -0.2) is 0 Å². The molecule has 7 heteroatoms. The van der Waals surface area contributed by atoms with Crippen LogP contribution in [0.2, 0.25) is 0 Å². The molecule has 0 unspecified atom stereocenters. The molecule has 2 aromatic carbocycles. The Morgan fingerprint density at radius 1 is 1.07 bits per heavy atom.